The van der Waals surface area contributed by atoms with Gasteiger partial charge in [0.1, 0.15) is 6.04 Å². The summed E-state index contributed by atoms with van der Waals surface area (Å²) in [6.45, 7) is 0. The molecule has 4 nitrogen and oxygen atoms in total. The summed E-state index contributed by atoms with van der Waals surface area (Å²) in [5.74, 6) is -12.0. The van der Waals surface area contributed by atoms with E-state index in [0.29, 0.717) is 0 Å². The highest BCUT2D eigenvalue weighted by atomic mass is 19.2. The molecule has 0 aliphatic carbocycles. The number of phenols is 1. The minimum absolute atomic E-state index is 1.49. The second kappa shape index (κ2) is 3.97. The van der Waals surface area contributed by atoms with Crippen LogP contribution in [0.1, 0.15) is 11.6 Å². The molecular formula is C8H5F4NO3. The molecule has 16 heavy (non-hydrogen) atoms. The first kappa shape index (κ1) is 12.2. The Hall–Kier alpha value is -1.83. The van der Waals surface area contributed by atoms with Crippen LogP contribution in [-0.2, 0) is 4.79 Å². The SMILES string of the molecule is N[C@H](C(=O)O)c1c(F)c(F)c(O)c(F)c1F. The van der Waals surface area contributed by atoms with Gasteiger partial charge in [-0.25, -0.2) is 8.78 Å². The quantitative estimate of drug-likeness (QED) is 0.531. The van der Waals surface area contributed by atoms with E-state index in [1.165, 1.54) is 0 Å². The first-order valence-corrected chi connectivity index (χ1v) is 3.82. The van der Waals surface area contributed by atoms with E-state index >= 15 is 0 Å². The number of phenolic OH excluding ortho intramolecular Hbond substituents is 1. The number of nitrogens with two attached hydrogens (primary N) is 1. The summed E-state index contributed by atoms with van der Waals surface area (Å²) in [5, 5.41) is 17.0. The number of aromatic hydroxyl groups is 1. The second-order valence-corrected chi connectivity index (χ2v) is 2.83. The van der Waals surface area contributed by atoms with Gasteiger partial charge >= 0.3 is 5.97 Å². The van der Waals surface area contributed by atoms with Crippen LogP contribution in [0.5, 0.6) is 5.75 Å². The van der Waals surface area contributed by atoms with E-state index in [1.807, 2.05) is 0 Å². The van der Waals surface area contributed by atoms with Crippen molar-refractivity contribution in [3.05, 3.63) is 28.8 Å². The van der Waals surface area contributed by atoms with E-state index in [-0.39, 0.29) is 0 Å². The molecule has 1 rings (SSSR count). The number of aliphatic carboxylic acids is 1. The van der Waals surface area contributed by atoms with Gasteiger partial charge in [-0.1, -0.05) is 0 Å². The van der Waals surface area contributed by atoms with Gasteiger partial charge in [0.2, 0.25) is 11.6 Å². The monoisotopic (exact) mass is 239 g/mol. The van der Waals surface area contributed by atoms with Gasteiger partial charge < -0.3 is 15.9 Å². The molecule has 0 spiro atoms. The van der Waals surface area contributed by atoms with Crippen LogP contribution in [0.3, 0.4) is 0 Å². The van der Waals surface area contributed by atoms with Gasteiger partial charge in [-0.2, -0.15) is 8.78 Å². The molecule has 0 aliphatic rings. The maximum atomic E-state index is 13.0. The van der Waals surface area contributed by atoms with Gasteiger partial charge in [0, 0.05) is 0 Å². The van der Waals surface area contributed by atoms with Crippen molar-refractivity contribution in [2.24, 2.45) is 5.73 Å². The Morgan fingerprint density at radius 3 is 1.75 bits per heavy atom. The number of rotatable bonds is 2. The lowest BCUT2D eigenvalue weighted by atomic mass is 10.1. The van der Waals surface area contributed by atoms with Crippen LogP contribution in [0.4, 0.5) is 17.6 Å². The predicted octanol–water partition coefficient (Wildman–Crippen LogP) is 1.03. The summed E-state index contributed by atoms with van der Waals surface area (Å²) < 4.78 is 51.6. The van der Waals surface area contributed by atoms with Gasteiger partial charge in [-0.3, -0.25) is 4.79 Å². The van der Waals surface area contributed by atoms with Gasteiger partial charge in [0.05, 0.1) is 5.56 Å². The van der Waals surface area contributed by atoms with Gasteiger partial charge in [0.15, 0.2) is 17.4 Å². The molecule has 4 N–H and O–H groups in total. The lowest BCUT2D eigenvalue weighted by Crippen LogP contribution is -2.24. The first-order valence-electron chi connectivity index (χ1n) is 3.82. The lowest BCUT2D eigenvalue weighted by molar-refractivity contribution is -0.138. The van der Waals surface area contributed by atoms with Crippen molar-refractivity contribution in [3.8, 4) is 5.75 Å². The number of hydrogen-bond acceptors (Lipinski definition) is 3. The molecular weight excluding hydrogens is 234 g/mol. The van der Waals surface area contributed by atoms with Crippen LogP contribution in [0, 0.1) is 23.3 Å². The van der Waals surface area contributed by atoms with Crippen molar-refractivity contribution in [2.45, 2.75) is 6.04 Å². The van der Waals surface area contributed by atoms with E-state index in [0.717, 1.165) is 0 Å². The van der Waals surface area contributed by atoms with Crippen LogP contribution in [0.25, 0.3) is 0 Å². The van der Waals surface area contributed by atoms with Crippen LogP contribution >= 0.6 is 0 Å². The van der Waals surface area contributed by atoms with Crippen LogP contribution in [0.2, 0.25) is 0 Å². The largest absolute Gasteiger partial charge is 0.503 e. The molecule has 0 heterocycles. The lowest BCUT2D eigenvalue weighted by Gasteiger charge is -2.11. The highest BCUT2D eigenvalue weighted by Gasteiger charge is 2.31. The summed E-state index contributed by atoms with van der Waals surface area (Å²) in [6, 6.07) is -2.27. The molecule has 0 saturated carbocycles. The zero-order valence-corrected chi connectivity index (χ0v) is 7.47. The average molecular weight is 239 g/mol. The topological polar surface area (TPSA) is 83.6 Å². The van der Waals surface area contributed by atoms with Gasteiger partial charge in [0.25, 0.3) is 0 Å². The fourth-order valence-corrected chi connectivity index (χ4v) is 1.03. The highest BCUT2D eigenvalue weighted by molar-refractivity contribution is 5.75. The third kappa shape index (κ3) is 1.67. The summed E-state index contributed by atoms with van der Waals surface area (Å²) >= 11 is 0. The number of carboxylic acid groups (broad SMARTS) is 1. The maximum absolute atomic E-state index is 13.0. The molecule has 0 radical (unpaired) electrons. The number of carboxylic acids is 1. The Morgan fingerprint density at radius 2 is 1.44 bits per heavy atom. The zero-order valence-electron chi connectivity index (χ0n) is 7.47. The van der Waals surface area contributed by atoms with E-state index in [4.69, 9.17) is 15.9 Å². The Labute approximate surface area is 85.9 Å². The zero-order chi connectivity index (χ0) is 12.6. The van der Waals surface area contributed by atoms with Crippen LogP contribution in [-0.4, -0.2) is 16.2 Å². The summed E-state index contributed by atoms with van der Waals surface area (Å²) in [4.78, 5) is 10.3. The van der Waals surface area contributed by atoms with Crippen molar-refractivity contribution >= 4 is 5.97 Å². The van der Waals surface area contributed by atoms with Crippen LogP contribution < -0.4 is 5.73 Å². The molecule has 0 saturated heterocycles. The molecule has 0 amide bonds. The highest BCUT2D eigenvalue weighted by Crippen LogP contribution is 2.31. The minimum atomic E-state index is -2.27. The molecule has 0 aromatic heterocycles. The van der Waals surface area contributed by atoms with E-state index < -0.39 is 46.6 Å². The van der Waals surface area contributed by atoms with E-state index in [2.05, 4.69) is 0 Å². The minimum Gasteiger partial charge on any atom is -0.503 e. The maximum Gasteiger partial charge on any atom is 0.325 e. The van der Waals surface area contributed by atoms with Crippen molar-refractivity contribution in [1.82, 2.24) is 0 Å². The molecule has 0 aliphatic heterocycles. The Morgan fingerprint density at radius 1 is 1.06 bits per heavy atom. The Bertz CT molecular complexity index is 434. The molecule has 88 valence electrons. The number of hydrogen-bond donors (Lipinski definition) is 3. The summed E-state index contributed by atoms with van der Waals surface area (Å²) in [5.41, 5.74) is 3.35. The fraction of sp³-hybridized carbons (Fsp3) is 0.125. The average Bonchev–Trinajstić information content (AvgIpc) is 2.23. The van der Waals surface area contributed by atoms with Crippen molar-refractivity contribution in [3.63, 3.8) is 0 Å². The van der Waals surface area contributed by atoms with Crippen LogP contribution in [0.15, 0.2) is 0 Å². The third-order valence-corrected chi connectivity index (χ3v) is 1.85. The Kier molecular flexibility index (Phi) is 3.04. The smallest absolute Gasteiger partial charge is 0.325 e. The summed E-state index contributed by atoms with van der Waals surface area (Å²) in [7, 11) is 0. The standard InChI is InChI=1S/C8H5F4NO3/c9-2-1(6(13)8(15)16)3(10)5(12)7(14)4(2)11/h6,14H,13H2,(H,15,16)/t6-/m0/s1. The number of benzene rings is 1. The molecule has 1 aromatic rings. The van der Waals surface area contributed by atoms with Crippen molar-refractivity contribution < 1.29 is 32.6 Å². The first-order chi connectivity index (χ1) is 7.29. The molecule has 0 fully saturated rings. The van der Waals surface area contributed by atoms with E-state index in [9.17, 15) is 22.4 Å². The molecule has 1 aromatic carbocycles. The van der Waals surface area contributed by atoms with Gasteiger partial charge in [-0.05, 0) is 0 Å². The molecule has 1 atom stereocenters. The molecule has 0 unspecified atom stereocenters. The van der Waals surface area contributed by atoms with Crippen molar-refractivity contribution in [2.75, 3.05) is 0 Å². The van der Waals surface area contributed by atoms with Crippen molar-refractivity contribution in [1.29, 1.82) is 0 Å². The Balaban J connectivity index is 3.57. The predicted molar refractivity (Wildman–Crippen MR) is 42.5 cm³/mol. The molecule has 8 heteroatoms. The number of halogens is 4. The fourth-order valence-electron chi connectivity index (χ4n) is 1.03. The van der Waals surface area contributed by atoms with E-state index in [1.54, 1.807) is 0 Å². The third-order valence-electron chi connectivity index (χ3n) is 1.85. The summed E-state index contributed by atoms with van der Waals surface area (Å²) in [6.07, 6.45) is 0. The molecule has 0 bridgehead atoms. The number of carbonyl (C=O) groups is 1. The normalized spacial score (nSPS) is 12.6. The van der Waals surface area contributed by atoms with Gasteiger partial charge in [-0.15, -0.1) is 0 Å². The second-order valence-electron chi connectivity index (χ2n) is 2.83.